The Morgan fingerprint density at radius 3 is 2.60 bits per heavy atom. The number of hydrogen-bond acceptors (Lipinski definition) is 9. The largest absolute Gasteiger partial charge is 0.496 e. The summed E-state index contributed by atoms with van der Waals surface area (Å²) in [6.45, 7) is 9.47. The van der Waals surface area contributed by atoms with Crippen LogP contribution in [0.5, 0.6) is 6.01 Å². The van der Waals surface area contributed by atoms with E-state index in [1.165, 1.54) is 5.56 Å². The quantitative estimate of drug-likeness (QED) is 0.177. The first-order valence-electron chi connectivity index (χ1n) is 17.1. The molecule has 3 atom stereocenters. The molecule has 6 rings (SSSR count). The lowest BCUT2D eigenvalue weighted by atomic mass is 9.88. The minimum atomic E-state index is -0.577. The fraction of sp³-hybridized carbons (Fsp3) is 0.528. The van der Waals surface area contributed by atoms with Gasteiger partial charge in [0.25, 0.3) is 0 Å². The van der Waals surface area contributed by atoms with Crippen LogP contribution in [0.3, 0.4) is 0 Å². The fourth-order valence-electron chi connectivity index (χ4n) is 6.59. The Hall–Kier alpha value is -4.25. The topological polar surface area (TPSA) is 123 Å². The van der Waals surface area contributed by atoms with Crippen molar-refractivity contribution in [1.29, 1.82) is 0 Å². The minimum absolute atomic E-state index is 0.0961. The number of carbonyl (C=O) groups is 2. The highest BCUT2D eigenvalue weighted by Crippen LogP contribution is 2.34. The molecule has 2 fully saturated rings. The molecule has 11 heteroatoms. The number of benzene rings is 1. The van der Waals surface area contributed by atoms with Crippen molar-refractivity contribution in [2.24, 2.45) is 11.8 Å². The van der Waals surface area contributed by atoms with E-state index in [2.05, 4.69) is 72.7 Å². The average Bonchev–Trinajstić information content (AvgIpc) is 3.63. The van der Waals surface area contributed by atoms with Crippen LogP contribution in [0.2, 0.25) is 0 Å². The number of anilines is 1. The molecule has 0 spiro atoms. The summed E-state index contributed by atoms with van der Waals surface area (Å²) >= 11 is 0. The van der Waals surface area contributed by atoms with Gasteiger partial charge in [-0.15, -0.1) is 0 Å². The van der Waals surface area contributed by atoms with Gasteiger partial charge in [-0.05, 0) is 49.4 Å². The zero-order chi connectivity index (χ0) is 32.9. The average molecular weight is 642 g/mol. The van der Waals surface area contributed by atoms with Crippen LogP contribution in [-0.4, -0.2) is 69.1 Å². The molecule has 11 nitrogen and oxygen atoms in total. The highest BCUT2D eigenvalue weighted by atomic mass is 16.5. The molecule has 1 aliphatic carbocycles. The molecule has 2 N–H and O–H groups in total. The molecule has 0 radical (unpaired) electrons. The molecular weight excluding hydrogens is 594 g/mol. The third-order valence-corrected chi connectivity index (χ3v) is 9.52. The minimum Gasteiger partial charge on any atom is -0.496 e. The first kappa shape index (κ1) is 32.7. The molecule has 2 amide bonds. The molecule has 250 valence electrons. The normalized spacial score (nSPS) is 20.7. The van der Waals surface area contributed by atoms with Crippen molar-refractivity contribution in [3.8, 4) is 6.01 Å². The van der Waals surface area contributed by atoms with Gasteiger partial charge in [-0.25, -0.2) is 0 Å². The number of imide groups is 1. The SMILES string of the molecule is CCCCCC(COC1=CC=CC2C(=O)NC(=O)C12)c1ccc(CNc2nc(OC3CCN(C)CC3)nc3c(C(C)C)cnn23)cc1. The Kier molecular flexibility index (Phi) is 10.2. The zero-order valence-corrected chi connectivity index (χ0v) is 27.9. The summed E-state index contributed by atoms with van der Waals surface area (Å²) in [5.41, 5.74) is 4.11. The van der Waals surface area contributed by atoms with Crippen LogP contribution in [0.4, 0.5) is 5.95 Å². The number of nitrogens with zero attached hydrogens (tertiary/aromatic N) is 5. The van der Waals surface area contributed by atoms with Crippen LogP contribution in [0, 0.1) is 11.8 Å². The predicted molar refractivity (Wildman–Crippen MR) is 180 cm³/mol. The smallest absolute Gasteiger partial charge is 0.322 e. The molecule has 4 heterocycles. The standard InChI is InChI=1S/C36H47N7O4/c1-5-6-7-9-26(22-46-30-11-8-10-28-31(30)34(45)40-33(28)44)25-14-12-24(13-15-25)20-37-35-41-36(47-27-16-18-42(4)19-17-27)39-32-29(23(2)3)21-38-43(32)35/h8,10-15,21,23,26-28,31H,5-7,9,16-20,22H2,1-4H3,(H,37,39,41)(H,40,44,45). The molecule has 1 aromatic carbocycles. The third kappa shape index (κ3) is 7.51. The molecule has 3 aliphatic rings. The van der Waals surface area contributed by atoms with Crippen molar-refractivity contribution in [2.45, 2.75) is 83.8 Å². The number of carbonyl (C=O) groups excluding carboxylic acids is 2. The van der Waals surface area contributed by atoms with Crippen molar-refractivity contribution in [3.05, 3.63) is 71.1 Å². The van der Waals surface area contributed by atoms with E-state index >= 15 is 0 Å². The fourth-order valence-corrected chi connectivity index (χ4v) is 6.59. The lowest BCUT2D eigenvalue weighted by Gasteiger charge is -2.28. The van der Waals surface area contributed by atoms with Crippen LogP contribution in [0.25, 0.3) is 5.65 Å². The number of ether oxygens (including phenoxy) is 2. The molecular formula is C36H47N7O4. The highest BCUT2D eigenvalue weighted by molar-refractivity contribution is 6.07. The number of piperidine rings is 1. The lowest BCUT2D eigenvalue weighted by molar-refractivity contribution is -0.125. The summed E-state index contributed by atoms with van der Waals surface area (Å²) in [5, 5.41) is 10.5. The molecule has 0 bridgehead atoms. The predicted octanol–water partition coefficient (Wildman–Crippen LogP) is 5.36. The number of amides is 2. The number of likely N-dealkylation sites (tertiary alicyclic amines) is 1. The van der Waals surface area contributed by atoms with Crippen molar-refractivity contribution < 1.29 is 19.1 Å². The molecule has 2 aromatic heterocycles. The number of fused-ring (bicyclic) bond motifs is 2. The number of rotatable bonds is 14. The molecule has 2 aliphatic heterocycles. The maximum absolute atomic E-state index is 12.5. The van der Waals surface area contributed by atoms with Gasteiger partial charge in [0, 0.05) is 31.1 Å². The van der Waals surface area contributed by atoms with Gasteiger partial charge in [0.05, 0.1) is 18.7 Å². The number of allylic oxidation sites excluding steroid dienone is 2. The first-order valence-corrected chi connectivity index (χ1v) is 17.1. The van der Waals surface area contributed by atoms with Gasteiger partial charge in [-0.3, -0.25) is 14.9 Å². The van der Waals surface area contributed by atoms with E-state index in [1.807, 2.05) is 18.3 Å². The number of aromatic nitrogens is 4. The van der Waals surface area contributed by atoms with E-state index in [4.69, 9.17) is 19.4 Å². The van der Waals surface area contributed by atoms with Gasteiger partial charge in [0.1, 0.15) is 17.8 Å². The van der Waals surface area contributed by atoms with Gasteiger partial charge < -0.3 is 19.7 Å². The van der Waals surface area contributed by atoms with E-state index < -0.39 is 11.8 Å². The van der Waals surface area contributed by atoms with Gasteiger partial charge in [-0.2, -0.15) is 19.6 Å². The van der Waals surface area contributed by atoms with Crippen molar-refractivity contribution in [2.75, 3.05) is 32.1 Å². The molecule has 3 aromatic rings. The van der Waals surface area contributed by atoms with E-state index in [1.54, 1.807) is 10.6 Å². The Morgan fingerprint density at radius 1 is 1.06 bits per heavy atom. The van der Waals surface area contributed by atoms with E-state index in [9.17, 15) is 9.59 Å². The van der Waals surface area contributed by atoms with Crippen molar-refractivity contribution >= 4 is 23.4 Å². The van der Waals surface area contributed by atoms with Crippen molar-refractivity contribution in [1.82, 2.24) is 29.8 Å². The maximum Gasteiger partial charge on any atom is 0.322 e. The highest BCUT2D eigenvalue weighted by Gasteiger charge is 2.44. The Labute approximate surface area is 276 Å². The van der Waals surface area contributed by atoms with Gasteiger partial charge in [0.2, 0.25) is 17.8 Å². The van der Waals surface area contributed by atoms with Crippen LogP contribution in [0.1, 0.15) is 87.8 Å². The molecule has 0 saturated carbocycles. The summed E-state index contributed by atoms with van der Waals surface area (Å²) in [4.78, 5) is 36.5. The number of unbranched alkanes of at least 4 members (excludes halogenated alkanes) is 2. The second-order valence-electron chi connectivity index (χ2n) is 13.4. The van der Waals surface area contributed by atoms with Crippen molar-refractivity contribution in [3.63, 3.8) is 0 Å². The summed E-state index contributed by atoms with van der Waals surface area (Å²) in [7, 11) is 2.14. The van der Waals surface area contributed by atoms with E-state index in [-0.39, 0.29) is 29.8 Å². The van der Waals surface area contributed by atoms with Crippen LogP contribution in [0.15, 0.2) is 54.4 Å². The summed E-state index contributed by atoms with van der Waals surface area (Å²) < 4.78 is 14.3. The van der Waals surface area contributed by atoms with Crippen LogP contribution in [-0.2, 0) is 20.9 Å². The Morgan fingerprint density at radius 2 is 1.85 bits per heavy atom. The molecule has 3 unspecified atom stereocenters. The second-order valence-corrected chi connectivity index (χ2v) is 13.4. The van der Waals surface area contributed by atoms with Crippen LogP contribution >= 0.6 is 0 Å². The lowest BCUT2D eigenvalue weighted by Crippen LogP contribution is -2.36. The molecule has 2 saturated heterocycles. The summed E-state index contributed by atoms with van der Waals surface area (Å²) in [6, 6.07) is 8.98. The third-order valence-electron chi connectivity index (χ3n) is 9.52. The van der Waals surface area contributed by atoms with E-state index in [0.717, 1.165) is 68.4 Å². The maximum atomic E-state index is 12.5. The Bertz CT molecular complexity index is 1620. The zero-order valence-electron chi connectivity index (χ0n) is 27.9. The summed E-state index contributed by atoms with van der Waals surface area (Å²) in [5.74, 6) is -0.0184. The molecule has 47 heavy (non-hydrogen) atoms. The summed E-state index contributed by atoms with van der Waals surface area (Å²) in [6.07, 6.45) is 13.6. The first-order chi connectivity index (χ1) is 22.8. The monoisotopic (exact) mass is 641 g/mol. The second kappa shape index (κ2) is 14.7. The van der Waals surface area contributed by atoms with E-state index in [0.29, 0.717) is 30.9 Å². The van der Waals surface area contributed by atoms with Gasteiger partial charge >= 0.3 is 6.01 Å². The Balaban J connectivity index is 1.14. The van der Waals surface area contributed by atoms with Gasteiger partial charge in [-0.1, -0.05) is 76.5 Å². The van der Waals surface area contributed by atoms with Crippen LogP contribution < -0.4 is 15.4 Å². The number of nitrogens with one attached hydrogen (secondary N) is 2. The number of hydrogen-bond donors (Lipinski definition) is 2. The van der Waals surface area contributed by atoms with Gasteiger partial charge in [0.15, 0.2) is 5.65 Å².